The summed E-state index contributed by atoms with van der Waals surface area (Å²) < 4.78 is 5.21. The van der Waals surface area contributed by atoms with Gasteiger partial charge in [0.2, 0.25) is 5.91 Å². The van der Waals surface area contributed by atoms with Crippen molar-refractivity contribution >= 4 is 11.8 Å². The van der Waals surface area contributed by atoms with E-state index in [1.807, 2.05) is 35.2 Å². The van der Waals surface area contributed by atoms with E-state index < -0.39 is 0 Å². The van der Waals surface area contributed by atoms with Crippen LogP contribution in [0.25, 0.3) is 0 Å². The molecule has 0 bridgehead atoms. The molecule has 0 aromatic heterocycles. The highest BCUT2D eigenvalue weighted by Gasteiger charge is 2.19. The third kappa shape index (κ3) is 6.59. The first-order valence-corrected chi connectivity index (χ1v) is 10.6. The first-order chi connectivity index (χ1) is 14.7. The summed E-state index contributed by atoms with van der Waals surface area (Å²) in [5.74, 6) is 0.952. The zero-order valence-corrected chi connectivity index (χ0v) is 17.7. The summed E-state index contributed by atoms with van der Waals surface area (Å²) in [5.41, 5.74) is 1.90. The number of rotatable bonds is 8. The van der Waals surface area contributed by atoms with Crippen molar-refractivity contribution in [3.8, 4) is 5.75 Å². The van der Waals surface area contributed by atoms with Crippen molar-refractivity contribution in [2.24, 2.45) is 0 Å². The summed E-state index contributed by atoms with van der Waals surface area (Å²) >= 11 is 0. The van der Waals surface area contributed by atoms with Gasteiger partial charge >= 0.3 is 0 Å². The second kappa shape index (κ2) is 11.4. The van der Waals surface area contributed by atoms with Crippen LogP contribution in [0.2, 0.25) is 0 Å². The molecule has 1 saturated heterocycles. The first kappa shape index (κ1) is 21.8. The van der Waals surface area contributed by atoms with Crippen molar-refractivity contribution in [1.29, 1.82) is 0 Å². The lowest BCUT2D eigenvalue weighted by Gasteiger charge is -2.22. The minimum atomic E-state index is -0.0907. The molecule has 0 atom stereocenters. The fourth-order valence-corrected chi connectivity index (χ4v) is 3.66. The normalized spacial score (nSPS) is 14.8. The summed E-state index contributed by atoms with van der Waals surface area (Å²) in [4.78, 5) is 29.0. The Balaban J connectivity index is 1.37. The number of amides is 2. The van der Waals surface area contributed by atoms with E-state index >= 15 is 0 Å². The van der Waals surface area contributed by atoms with Gasteiger partial charge in [0.25, 0.3) is 5.91 Å². The lowest BCUT2D eigenvalue weighted by molar-refractivity contribution is -0.131. The highest BCUT2D eigenvalue weighted by Crippen LogP contribution is 2.14. The fourth-order valence-electron chi connectivity index (χ4n) is 3.66. The average molecular weight is 410 g/mol. The van der Waals surface area contributed by atoms with Crippen LogP contribution in [0.1, 0.15) is 35.2 Å². The van der Waals surface area contributed by atoms with Crippen LogP contribution in [0, 0.1) is 0 Å². The molecule has 0 unspecified atom stereocenters. The number of nitrogens with one attached hydrogen (secondary N) is 1. The number of ether oxygens (including phenoxy) is 1. The molecule has 160 valence electrons. The van der Waals surface area contributed by atoms with Gasteiger partial charge in [-0.2, -0.15) is 0 Å². The molecular weight excluding hydrogens is 378 g/mol. The minimum Gasteiger partial charge on any atom is -0.497 e. The van der Waals surface area contributed by atoms with Gasteiger partial charge in [-0.1, -0.05) is 30.3 Å². The van der Waals surface area contributed by atoms with E-state index in [-0.39, 0.29) is 11.8 Å². The van der Waals surface area contributed by atoms with E-state index in [2.05, 4.69) is 22.3 Å². The maximum absolute atomic E-state index is 12.6. The molecule has 2 amide bonds. The zero-order chi connectivity index (χ0) is 21.2. The smallest absolute Gasteiger partial charge is 0.251 e. The van der Waals surface area contributed by atoms with Crippen molar-refractivity contribution in [3.05, 3.63) is 65.7 Å². The molecule has 0 spiro atoms. The Kier molecular flexibility index (Phi) is 8.27. The molecule has 0 radical (unpaired) electrons. The highest BCUT2D eigenvalue weighted by atomic mass is 16.5. The molecule has 1 aliphatic rings. The fraction of sp³-hybridized carbons (Fsp3) is 0.417. The van der Waals surface area contributed by atoms with Crippen molar-refractivity contribution in [3.63, 3.8) is 0 Å². The number of carbonyl (C=O) groups is 2. The standard InChI is InChI=1S/C24H31N3O3/c1-30-22-12-10-20(11-13-22)19-26-15-6-16-27(18-17-26)23(28)9-5-14-25-24(29)21-7-3-2-4-8-21/h2-4,7-8,10-13H,5-6,9,14-19H2,1H3,(H,25,29). The van der Waals surface area contributed by atoms with Gasteiger partial charge in [-0.15, -0.1) is 0 Å². The van der Waals surface area contributed by atoms with Crippen LogP contribution in [-0.4, -0.2) is 61.4 Å². The number of benzene rings is 2. The molecule has 2 aromatic rings. The van der Waals surface area contributed by atoms with Crippen molar-refractivity contribution < 1.29 is 14.3 Å². The minimum absolute atomic E-state index is 0.0907. The van der Waals surface area contributed by atoms with Crippen LogP contribution < -0.4 is 10.1 Å². The van der Waals surface area contributed by atoms with Gasteiger partial charge in [-0.05, 0) is 42.7 Å². The maximum Gasteiger partial charge on any atom is 0.251 e. The topological polar surface area (TPSA) is 61.9 Å². The molecule has 0 saturated carbocycles. The van der Waals surface area contributed by atoms with Gasteiger partial charge < -0.3 is 15.0 Å². The molecule has 2 aromatic carbocycles. The molecule has 1 N–H and O–H groups in total. The molecule has 1 aliphatic heterocycles. The molecule has 1 fully saturated rings. The molecule has 6 nitrogen and oxygen atoms in total. The molecule has 1 heterocycles. The van der Waals surface area contributed by atoms with Gasteiger partial charge in [0.15, 0.2) is 0 Å². The van der Waals surface area contributed by atoms with Gasteiger partial charge in [0.1, 0.15) is 5.75 Å². The van der Waals surface area contributed by atoms with E-state index in [4.69, 9.17) is 4.74 Å². The molecule has 30 heavy (non-hydrogen) atoms. The predicted molar refractivity (Wildman–Crippen MR) is 117 cm³/mol. The summed E-state index contributed by atoms with van der Waals surface area (Å²) in [6.07, 6.45) is 2.10. The molecular formula is C24H31N3O3. The molecule has 0 aliphatic carbocycles. The van der Waals surface area contributed by atoms with Crippen LogP contribution in [-0.2, 0) is 11.3 Å². The SMILES string of the molecule is COc1ccc(CN2CCCN(C(=O)CCCNC(=O)c3ccccc3)CC2)cc1. The van der Waals surface area contributed by atoms with Crippen LogP contribution in [0.4, 0.5) is 0 Å². The third-order valence-corrected chi connectivity index (χ3v) is 5.40. The Morgan fingerprint density at radius 3 is 2.47 bits per heavy atom. The monoisotopic (exact) mass is 409 g/mol. The van der Waals surface area contributed by atoms with E-state index in [0.29, 0.717) is 24.9 Å². The van der Waals surface area contributed by atoms with Crippen molar-refractivity contribution in [2.45, 2.75) is 25.8 Å². The quantitative estimate of drug-likeness (QED) is 0.681. The second-order valence-corrected chi connectivity index (χ2v) is 7.58. The number of carbonyl (C=O) groups excluding carboxylic acids is 2. The lowest BCUT2D eigenvalue weighted by atomic mass is 10.2. The zero-order valence-electron chi connectivity index (χ0n) is 17.7. The summed E-state index contributed by atoms with van der Waals surface area (Å²) in [7, 11) is 1.67. The maximum atomic E-state index is 12.6. The Labute approximate surface area is 178 Å². The largest absolute Gasteiger partial charge is 0.497 e. The van der Waals surface area contributed by atoms with E-state index in [9.17, 15) is 9.59 Å². The van der Waals surface area contributed by atoms with E-state index in [1.54, 1.807) is 19.2 Å². The molecule has 6 heteroatoms. The van der Waals surface area contributed by atoms with E-state index in [0.717, 1.165) is 44.9 Å². The number of hydrogen-bond acceptors (Lipinski definition) is 4. The van der Waals surface area contributed by atoms with Crippen LogP contribution in [0.5, 0.6) is 5.75 Å². The Morgan fingerprint density at radius 2 is 1.73 bits per heavy atom. The Hall–Kier alpha value is -2.86. The van der Waals surface area contributed by atoms with Crippen LogP contribution in [0.3, 0.4) is 0 Å². The average Bonchev–Trinajstić information content (AvgIpc) is 3.03. The number of methoxy groups -OCH3 is 1. The summed E-state index contributed by atoms with van der Waals surface area (Å²) in [6, 6.07) is 17.3. The number of nitrogens with zero attached hydrogens (tertiary/aromatic N) is 2. The third-order valence-electron chi connectivity index (χ3n) is 5.40. The van der Waals surface area contributed by atoms with Crippen molar-refractivity contribution in [2.75, 3.05) is 39.8 Å². The number of hydrogen-bond donors (Lipinski definition) is 1. The van der Waals surface area contributed by atoms with Crippen LogP contribution in [0.15, 0.2) is 54.6 Å². The second-order valence-electron chi connectivity index (χ2n) is 7.58. The summed E-state index contributed by atoms with van der Waals surface area (Å²) in [5, 5.41) is 2.89. The van der Waals surface area contributed by atoms with Crippen LogP contribution >= 0.6 is 0 Å². The summed E-state index contributed by atoms with van der Waals surface area (Å²) in [6.45, 7) is 4.82. The van der Waals surface area contributed by atoms with E-state index in [1.165, 1.54) is 5.56 Å². The highest BCUT2D eigenvalue weighted by molar-refractivity contribution is 5.94. The molecule has 3 rings (SSSR count). The Morgan fingerprint density at radius 1 is 0.967 bits per heavy atom. The van der Waals surface area contributed by atoms with Crippen molar-refractivity contribution in [1.82, 2.24) is 15.1 Å². The van der Waals surface area contributed by atoms with Gasteiger partial charge in [0.05, 0.1) is 7.11 Å². The van der Waals surface area contributed by atoms with Gasteiger partial charge in [-0.3, -0.25) is 14.5 Å². The van der Waals surface area contributed by atoms with Gasteiger partial charge in [0, 0.05) is 51.3 Å². The Bertz CT molecular complexity index is 808. The first-order valence-electron chi connectivity index (χ1n) is 10.6. The lowest BCUT2D eigenvalue weighted by Crippen LogP contribution is -2.35. The van der Waals surface area contributed by atoms with Gasteiger partial charge in [-0.25, -0.2) is 0 Å². The predicted octanol–water partition coefficient (Wildman–Crippen LogP) is 2.94.